The van der Waals surface area contributed by atoms with Gasteiger partial charge >= 0.3 is 0 Å². The summed E-state index contributed by atoms with van der Waals surface area (Å²) in [7, 11) is 0. The Morgan fingerprint density at radius 2 is 1.13 bits per heavy atom. The molecule has 0 spiro atoms. The maximum atomic E-state index is 10.3. The number of nitrogens with two attached hydrogens (primary N) is 2. The Morgan fingerprint density at radius 3 is 1.43 bits per heavy atom. The summed E-state index contributed by atoms with van der Waals surface area (Å²) >= 11 is 0. The Hall–Kier alpha value is -0.160. The van der Waals surface area contributed by atoms with Crippen LogP contribution in [0.1, 0.15) is 59.8 Å². The number of aliphatic hydroxyl groups is 2. The van der Waals surface area contributed by atoms with Gasteiger partial charge in [0.1, 0.15) is 0 Å². The highest BCUT2D eigenvalue weighted by molar-refractivity contribution is 4.97. The van der Waals surface area contributed by atoms with Gasteiger partial charge in [0.15, 0.2) is 0 Å². The molecule has 0 bridgehead atoms. The van der Waals surface area contributed by atoms with Crippen molar-refractivity contribution in [3.05, 3.63) is 0 Å². The molecule has 6 N–H and O–H groups in total. The summed E-state index contributed by atoms with van der Waals surface area (Å²) < 4.78 is 0. The first-order chi connectivity index (χ1) is 10.8. The number of hydrogen-bond donors (Lipinski definition) is 4. The number of rotatable bonds is 4. The lowest BCUT2D eigenvalue weighted by atomic mass is 9.61. The van der Waals surface area contributed by atoms with Crippen LogP contribution in [-0.2, 0) is 0 Å². The van der Waals surface area contributed by atoms with Gasteiger partial charge in [0.25, 0.3) is 0 Å². The Balaban J connectivity index is 2.12. The molecule has 0 amide bonds. The quantitative estimate of drug-likeness (QED) is 0.637. The van der Waals surface area contributed by atoms with Crippen molar-refractivity contribution in [3.8, 4) is 0 Å². The molecule has 0 heterocycles. The lowest BCUT2D eigenvalue weighted by Crippen LogP contribution is -2.54. The Kier molecular flexibility index (Phi) is 6.51. The molecule has 10 atom stereocenters. The molecular formula is C19H38N2O2. The van der Waals surface area contributed by atoms with Crippen LogP contribution in [0.4, 0.5) is 0 Å². The van der Waals surface area contributed by atoms with E-state index in [9.17, 15) is 10.2 Å². The molecule has 2 fully saturated rings. The summed E-state index contributed by atoms with van der Waals surface area (Å²) in [5.41, 5.74) is 12.7. The Bertz CT molecular complexity index is 344. The summed E-state index contributed by atoms with van der Waals surface area (Å²) in [5, 5.41) is 20.6. The fourth-order valence-corrected chi connectivity index (χ4v) is 5.62. The van der Waals surface area contributed by atoms with Gasteiger partial charge in [-0.15, -0.1) is 0 Å². The topological polar surface area (TPSA) is 92.5 Å². The van der Waals surface area contributed by atoms with E-state index in [-0.39, 0.29) is 36.1 Å². The van der Waals surface area contributed by atoms with Crippen LogP contribution in [0.3, 0.4) is 0 Å². The Labute approximate surface area is 142 Å². The SMILES string of the molecule is CCC1C(CC2CC(C)C(O)C(N)C2CC)CC(C)C(O)C1N. The molecule has 2 rings (SSSR count). The lowest BCUT2D eigenvalue weighted by Gasteiger charge is -2.48. The van der Waals surface area contributed by atoms with E-state index in [1.54, 1.807) is 0 Å². The molecule has 2 aliphatic rings. The van der Waals surface area contributed by atoms with E-state index < -0.39 is 0 Å². The standard InChI is InChI=1S/C19H38N2O2/c1-5-14-12(7-10(3)18(22)16(14)20)9-13-8-11(4)19(23)17(21)15(13)6-2/h10-19,22-23H,5-9,20-21H2,1-4H3. The highest BCUT2D eigenvalue weighted by Crippen LogP contribution is 2.44. The monoisotopic (exact) mass is 326 g/mol. The van der Waals surface area contributed by atoms with Crippen LogP contribution in [0.2, 0.25) is 0 Å². The van der Waals surface area contributed by atoms with Crippen molar-refractivity contribution in [1.29, 1.82) is 0 Å². The van der Waals surface area contributed by atoms with E-state index in [0.717, 1.165) is 32.1 Å². The van der Waals surface area contributed by atoms with Crippen LogP contribution in [0.25, 0.3) is 0 Å². The molecule has 0 radical (unpaired) electrons. The number of hydrogen-bond acceptors (Lipinski definition) is 4. The molecule has 2 aliphatic carbocycles. The normalized spacial score (nSPS) is 51.7. The summed E-state index contributed by atoms with van der Waals surface area (Å²) in [4.78, 5) is 0. The average molecular weight is 327 g/mol. The van der Waals surface area contributed by atoms with Crippen LogP contribution in [-0.4, -0.2) is 34.5 Å². The molecule has 0 aromatic carbocycles. The third-order valence-corrected chi connectivity index (χ3v) is 7.05. The summed E-state index contributed by atoms with van der Waals surface area (Å²) in [6, 6.07) is -0.205. The predicted molar refractivity (Wildman–Crippen MR) is 94.7 cm³/mol. The van der Waals surface area contributed by atoms with Gasteiger partial charge in [-0.25, -0.2) is 0 Å². The zero-order valence-corrected chi connectivity index (χ0v) is 15.4. The third-order valence-electron chi connectivity index (χ3n) is 7.05. The molecule has 136 valence electrons. The molecule has 0 aliphatic heterocycles. The smallest absolute Gasteiger partial charge is 0.0719 e. The van der Waals surface area contributed by atoms with Gasteiger partial charge in [-0.2, -0.15) is 0 Å². The van der Waals surface area contributed by atoms with E-state index in [0.29, 0.717) is 23.7 Å². The molecule has 10 unspecified atom stereocenters. The van der Waals surface area contributed by atoms with Crippen molar-refractivity contribution in [3.63, 3.8) is 0 Å². The minimum absolute atomic E-state index is 0.103. The maximum Gasteiger partial charge on any atom is 0.0719 e. The Morgan fingerprint density at radius 1 is 0.783 bits per heavy atom. The first-order valence-corrected chi connectivity index (χ1v) is 9.68. The van der Waals surface area contributed by atoms with Gasteiger partial charge in [-0.05, 0) is 54.8 Å². The van der Waals surface area contributed by atoms with Crippen LogP contribution < -0.4 is 11.5 Å². The van der Waals surface area contributed by atoms with Crippen LogP contribution in [0.5, 0.6) is 0 Å². The molecule has 4 nitrogen and oxygen atoms in total. The van der Waals surface area contributed by atoms with Crippen molar-refractivity contribution < 1.29 is 10.2 Å². The summed E-state index contributed by atoms with van der Waals surface area (Å²) in [6.45, 7) is 8.63. The molecule has 0 saturated heterocycles. The lowest BCUT2D eigenvalue weighted by molar-refractivity contribution is -0.0340. The summed E-state index contributed by atoms with van der Waals surface area (Å²) in [6.07, 6.45) is 4.60. The zero-order chi connectivity index (χ0) is 17.3. The van der Waals surface area contributed by atoms with Gasteiger partial charge in [0.2, 0.25) is 0 Å². The fraction of sp³-hybridized carbons (Fsp3) is 1.00. The van der Waals surface area contributed by atoms with Gasteiger partial charge < -0.3 is 21.7 Å². The van der Waals surface area contributed by atoms with Crippen LogP contribution in [0, 0.1) is 35.5 Å². The van der Waals surface area contributed by atoms with Crippen molar-refractivity contribution in [2.75, 3.05) is 0 Å². The first kappa shape index (κ1) is 19.2. The van der Waals surface area contributed by atoms with E-state index in [2.05, 4.69) is 27.7 Å². The van der Waals surface area contributed by atoms with Crippen LogP contribution >= 0.6 is 0 Å². The van der Waals surface area contributed by atoms with Gasteiger partial charge in [0.05, 0.1) is 12.2 Å². The maximum absolute atomic E-state index is 10.3. The summed E-state index contributed by atoms with van der Waals surface area (Å²) in [5.74, 6) is 2.50. The van der Waals surface area contributed by atoms with Crippen molar-refractivity contribution >= 4 is 0 Å². The second-order valence-corrected chi connectivity index (χ2v) is 8.46. The van der Waals surface area contributed by atoms with Crippen molar-refractivity contribution in [2.45, 2.75) is 84.1 Å². The predicted octanol–water partition coefficient (Wildman–Crippen LogP) is 2.12. The second-order valence-electron chi connectivity index (χ2n) is 8.46. The minimum Gasteiger partial charge on any atom is -0.391 e. The minimum atomic E-state index is -0.368. The van der Waals surface area contributed by atoms with E-state index >= 15 is 0 Å². The molecular weight excluding hydrogens is 288 g/mol. The van der Waals surface area contributed by atoms with Gasteiger partial charge in [-0.1, -0.05) is 40.5 Å². The number of aliphatic hydroxyl groups excluding tert-OH is 2. The largest absolute Gasteiger partial charge is 0.391 e. The van der Waals surface area contributed by atoms with Crippen molar-refractivity contribution in [2.24, 2.45) is 47.0 Å². The highest BCUT2D eigenvalue weighted by Gasteiger charge is 2.44. The van der Waals surface area contributed by atoms with E-state index in [1.807, 2.05) is 0 Å². The first-order valence-electron chi connectivity index (χ1n) is 9.68. The average Bonchev–Trinajstić information content (AvgIpc) is 2.51. The molecule has 23 heavy (non-hydrogen) atoms. The van der Waals surface area contributed by atoms with Crippen LogP contribution in [0.15, 0.2) is 0 Å². The fourth-order valence-electron chi connectivity index (χ4n) is 5.62. The van der Waals surface area contributed by atoms with E-state index in [1.165, 1.54) is 0 Å². The second kappa shape index (κ2) is 7.81. The zero-order valence-electron chi connectivity index (χ0n) is 15.4. The molecule has 2 saturated carbocycles. The highest BCUT2D eigenvalue weighted by atomic mass is 16.3. The van der Waals surface area contributed by atoms with Gasteiger partial charge in [0, 0.05) is 12.1 Å². The van der Waals surface area contributed by atoms with Gasteiger partial charge in [-0.3, -0.25) is 0 Å². The third kappa shape index (κ3) is 3.76. The van der Waals surface area contributed by atoms with E-state index in [4.69, 9.17) is 11.5 Å². The molecule has 4 heteroatoms. The van der Waals surface area contributed by atoms with Crippen molar-refractivity contribution in [1.82, 2.24) is 0 Å². The molecule has 0 aromatic heterocycles. The molecule has 0 aromatic rings.